The van der Waals surface area contributed by atoms with E-state index in [1.165, 1.54) is 24.3 Å². The number of hydrogen-bond acceptors (Lipinski definition) is 5. The highest BCUT2D eigenvalue weighted by molar-refractivity contribution is 8.18. The molecule has 3 aromatic carbocycles. The predicted octanol–water partition coefficient (Wildman–Crippen LogP) is 6.17. The Kier molecular flexibility index (Phi) is 6.78. The number of carbonyl (C=O) groups excluding carboxylic acids is 2. The van der Waals surface area contributed by atoms with Crippen molar-refractivity contribution in [3.63, 3.8) is 0 Å². The molecule has 1 aliphatic heterocycles. The van der Waals surface area contributed by atoms with Gasteiger partial charge >= 0.3 is 0 Å². The van der Waals surface area contributed by atoms with Crippen LogP contribution in [0.25, 0.3) is 6.08 Å². The molecule has 0 aromatic heterocycles. The Morgan fingerprint density at radius 3 is 2.58 bits per heavy atom. The first-order valence-electron chi connectivity index (χ1n) is 9.85. The van der Waals surface area contributed by atoms with E-state index in [1.807, 2.05) is 12.1 Å². The van der Waals surface area contributed by atoms with Crippen LogP contribution in [0.4, 0.5) is 9.18 Å². The molecule has 8 heteroatoms. The fraction of sp³-hybridized carbons (Fsp3) is 0.0800. The van der Waals surface area contributed by atoms with Gasteiger partial charge in [-0.25, -0.2) is 4.39 Å². The molecule has 0 N–H and O–H groups in total. The van der Waals surface area contributed by atoms with Crippen LogP contribution in [0.5, 0.6) is 5.75 Å². The molecule has 1 heterocycles. The number of rotatable bonds is 6. The maximum absolute atomic E-state index is 13.1. The molecule has 1 saturated heterocycles. The average Bonchev–Trinajstić information content (AvgIpc) is 3.07. The molecule has 2 amide bonds. The summed E-state index contributed by atoms with van der Waals surface area (Å²) in [7, 11) is 0. The summed E-state index contributed by atoms with van der Waals surface area (Å²) in [4.78, 5) is 26.4. The van der Waals surface area contributed by atoms with E-state index >= 15 is 0 Å². The van der Waals surface area contributed by atoms with Gasteiger partial charge in [0, 0.05) is 5.56 Å². The number of benzene rings is 3. The second-order valence-corrected chi connectivity index (χ2v) is 8.54. The first kappa shape index (κ1) is 22.6. The van der Waals surface area contributed by atoms with E-state index in [2.05, 4.69) is 6.07 Å². The minimum absolute atomic E-state index is 0.0694. The molecule has 0 bridgehead atoms. The van der Waals surface area contributed by atoms with Gasteiger partial charge in [0.25, 0.3) is 11.1 Å². The number of ether oxygens (including phenoxy) is 1. The lowest BCUT2D eigenvalue weighted by molar-refractivity contribution is -0.123. The van der Waals surface area contributed by atoms with Crippen LogP contribution in [0.1, 0.15) is 22.3 Å². The zero-order chi connectivity index (χ0) is 23.4. The lowest BCUT2D eigenvalue weighted by Gasteiger charge is -2.12. The normalized spacial score (nSPS) is 14.6. The summed E-state index contributed by atoms with van der Waals surface area (Å²) in [5, 5.41) is 9.13. The van der Waals surface area contributed by atoms with Crippen LogP contribution in [0.3, 0.4) is 0 Å². The predicted molar refractivity (Wildman–Crippen MR) is 125 cm³/mol. The molecule has 0 aliphatic carbocycles. The first-order valence-corrected chi connectivity index (χ1v) is 11.0. The standard InChI is InChI=1S/C25H16ClFN2O3S/c26-21-11-17(7-10-22(21)32-15-19-4-2-1-3-18(19)13-28)12-23-24(30)29(25(31)33-23)14-16-5-8-20(27)9-6-16/h1-12H,14-15H2. The molecule has 33 heavy (non-hydrogen) atoms. The number of imide groups is 1. The fourth-order valence-corrected chi connectivity index (χ4v) is 4.28. The van der Waals surface area contributed by atoms with Crippen molar-refractivity contribution in [2.24, 2.45) is 0 Å². The Morgan fingerprint density at radius 1 is 1.09 bits per heavy atom. The topological polar surface area (TPSA) is 70.4 Å². The molecule has 0 atom stereocenters. The van der Waals surface area contributed by atoms with Gasteiger partial charge in [0.05, 0.1) is 28.1 Å². The third-order valence-electron chi connectivity index (χ3n) is 4.90. The Morgan fingerprint density at radius 2 is 1.85 bits per heavy atom. The summed E-state index contributed by atoms with van der Waals surface area (Å²) in [6, 6.07) is 19.9. The van der Waals surface area contributed by atoms with E-state index in [0.717, 1.165) is 22.2 Å². The van der Waals surface area contributed by atoms with Crippen molar-refractivity contribution in [3.8, 4) is 11.8 Å². The van der Waals surface area contributed by atoms with E-state index < -0.39 is 11.1 Å². The monoisotopic (exact) mass is 478 g/mol. The van der Waals surface area contributed by atoms with Gasteiger partial charge in [-0.15, -0.1) is 0 Å². The van der Waals surface area contributed by atoms with Crippen molar-refractivity contribution in [3.05, 3.63) is 105 Å². The summed E-state index contributed by atoms with van der Waals surface area (Å²) < 4.78 is 18.8. The summed E-state index contributed by atoms with van der Waals surface area (Å²) in [5.74, 6) is -0.365. The molecule has 4 rings (SSSR count). The minimum Gasteiger partial charge on any atom is -0.487 e. The number of amides is 2. The Hall–Kier alpha value is -3.60. The molecule has 1 aliphatic rings. The maximum Gasteiger partial charge on any atom is 0.293 e. The SMILES string of the molecule is N#Cc1ccccc1COc1ccc(C=C2SC(=O)N(Cc3ccc(F)cc3)C2=O)cc1Cl. The second-order valence-electron chi connectivity index (χ2n) is 7.14. The number of carbonyl (C=O) groups is 2. The van der Waals surface area contributed by atoms with Crippen molar-refractivity contribution in [2.75, 3.05) is 0 Å². The molecule has 164 valence electrons. The van der Waals surface area contributed by atoms with E-state index in [1.54, 1.807) is 36.4 Å². The number of nitriles is 1. The lowest BCUT2D eigenvalue weighted by Crippen LogP contribution is -2.27. The summed E-state index contributed by atoms with van der Waals surface area (Å²) >= 11 is 7.19. The highest BCUT2D eigenvalue weighted by Gasteiger charge is 2.35. The first-order chi connectivity index (χ1) is 15.9. The smallest absolute Gasteiger partial charge is 0.293 e. The number of nitrogens with zero attached hydrogens (tertiary/aromatic N) is 2. The van der Waals surface area contributed by atoms with Gasteiger partial charge in [0.15, 0.2) is 0 Å². The molecule has 0 spiro atoms. The quantitative estimate of drug-likeness (QED) is 0.396. The van der Waals surface area contributed by atoms with E-state index in [4.69, 9.17) is 16.3 Å². The van der Waals surface area contributed by atoms with Crippen LogP contribution in [-0.2, 0) is 17.9 Å². The van der Waals surface area contributed by atoms with Crippen molar-refractivity contribution in [1.29, 1.82) is 5.26 Å². The van der Waals surface area contributed by atoms with Gasteiger partial charge in [-0.05, 0) is 59.3 Å². The molecule has 0 radical (unpaired) electrons. The summed E-state index contributed by atoms with van der Waals surface area (Å²) in [6.45, 7) is 0.255. The second kappa shape index (κ2) is 9.90. The van der Waals surface area contributed by atoms with Crippen molar-refractivity contribution in [2.45, 2.75) is 13.2 Å². The maximum atomic E-state index is 13.1. The van der Waals surface area contributed by atoms with Crippen molar-refractivity contribution >= 4 is 40.6 Å². The van der Waals surface area contributed by atoms with Crippen LogP contribution >= 0.6 is 23.4 Å². The lowest BCUT2D eigenvalue weighted by atomic mass is 10.1. The Bertz CT molecular complexity index is 1300. The van der Waals surface area contributed by atoms with Gasteiger partial charge in [-0.1, -0.05) is 48.0 Å². The van der Waals surface area contributed by atoms with Crippen LogP contribution in [0.15, 0.2) is 71.6 Å². The largest absolute Gasteiger partial charge is 0.487 e. The summed E-state index contributed by atoms with van der Waals surface area (Å²) in [5.41, 5.74) is 2.57. The van der Waals surface area contributed by atoms with Gasteiger partial charge in [0.2, 0.25) is 0 Å². The van der Waals surface area contributed by atoms with Crippen LogP contribution in [0.2, 0.25) is 5.02 Å². The number of hydrogen-bond donors (Lipinski definition) is 0. The van der Waals surface area contributed by atoms with Gasteiger partial charge < -0.3 is 4.74 Å². The Labute approximate surface area is 199 Å². The van der Waals surface area contributed by atoms with E-state index in [-0.39, 0.29) is 23.9 Å². The van der Waals surface area contributed by atoms with Gasteiger partial charge in [-0.2, -0.15) is 5.26 Å². The molecular weight excluding hydrogens is 463 g/mol. The fourth-order valence-electron chi connectivity index (χ4n) is 3.19. The van der Waals surface area contributed by atoms with Gasteiger partial charge in [0.1, 0.15) is 18.2 Å². The molecular formula is C25H16ClFN2O3S. The third kappa shape index (κ3) is 5.25. The zero-order valence-corrected chi connectivity index (χ0v) is 18.7. The van der Waals surface area contributed by atoms with Gasteiger partial charge in [-0.3, -0.25) is 14.5 Å². The number of halogens is 2. The molecule has 0 saturated carbocycles. The van der Waals surface area contributed by atoms with E-state index in [9.17, 15) is 19.2 Å². The zero-order valence-electron chi connectivity index (χ0n) is 17.1. The highest BCUT2D eigenvalue weighted by atomic mass is 35.5. The van der Waals surface area contributed by atoms with Crippen LogP contribution < -0.4 is 4.74 Å². The minimum atomic E-state index is -0.418. The van der Waals surface area contributed by atoms with Crippen LogP contribution in [-0.4, -0.2) is 16.0 Å². The molecule has 3 aromatic rings. The van der Waals surface area contributed by atoms with Crippen molar-refractivity contribution in [1.82, 2.24) is 4.90 Å². The molecule has 5 nitrogen and oxygen atoms in total. The molecule has 0 unspecified atom stereocenters. The summed E-state index contributed by atoms with van der Waals surface area (Å²) in [6.07, 6.45) is 1.59. The average molecular weight is 479 g/mol. The third-order valence-corrected chi connectivity index (χ3v) is 6.10. The molecule has 1 fully saturated rings. The van der Waals surface area contributed by atoms with E-state index in [0.29, 0.717) is 27.5 Å². The van der Waals surface area contributed by atoms with Crippen LogP contribution in [0, 0.1) is 17.1 Å². The van der Waals surface area contributed by atoms with Crippen molar-refractivity contribution < 1.29 is 18.7 Å². The Balaban J connectivity index is 1.46. The highest BCUT2D eigenvalue weighted by Crippen LogP contribution is 2.35. The number of thioether (sulfide) groups is 1.